The summed E-state index contributed by atoms with van der Waals surface area (Å²) in [5.74, 6) is 0.794. The minimum Gasteiger partial charge on any atom is -0.371 e. The molecule has 2 aromatic rings. The highest BCUT2D eigenvalue weighted by Crippen LogP contribution is 2.26. The molecule has 0 radical (unpaired) electrons. The Morgan fingerprint density at radius 1 is 1.53 bits per heavy atom. The van der Waals surface area contributed by atoms with Gasteiger partial charge in [-0.25, -0.2) is 15.0 Å². The third kappa shape index (κ3) is 1.59. The molecule has 0 saturated carbocycles. The largest absolute Gasteiger partial charge is 0.371 e. The number of aromatic amines is 1. The van der Waals surface area contributed by atoms with Crippen molar-refractivity contribution in [3.05, 3.63) is 18.3 Å². The Balaban J connectivity index is 2.52. The Kier molecular flexibility index (Phi) is 2.40. The molecule has 5 heteroatoms. The van der Waals surface area contributed by atoms with E-state index in [9.17, 15) is 0 Å². The van der Waals surface area contributed by atoms with Crippen LogP contribution in [0.25, 0.3) is 11.2 Å². The van der Waals surface area contributed by atoms with E-state index in [1.165, 1.54) is 6.33 Å². The molecule has 0 aromatic carbocycles. The molecule has 2 heterocycles. The van der Waals surface area contributed by atoms with Gasteiger partial charge in [0.05, 0.1) is 6.20 Å². The molecule has 0 aliphatic heterocycles. The Morgan fingerprint density at radius 2 is 2.33 bits per heavy atom. The fourth-order valence-electron chi connectivity index (χ4n) is 1.42. The molecule has 0 bridgehead atoms. The van der Waals surface area contributed by atoms with Crippen LogP contribution in [0.2, 0.25) is 0 Å². The first kappa shape index (κ1) is 10.0. The van der Waals surface area contributed by atoms with E-state index in [2.05, 4.69) is 26.9 Å². The van der Waals surface area contributed by atoms with Crippen molar-refractivity contribution in [1.82, 2.24) is 19.9 Å². The number of H-pyrrole nitrogens is 1. The van der Waals surface area contributed by atoms with Gasteiger partial charge in [-0.15, -0.1) is 0 Å². The molecule has 0 aliphatic rings. The van der Waals surface area contributed by atoms with Crippen molar-refractivity contribution < 1.29 is 4.74 Å². The maximum atomic E-state index is 5.46. The molecule has 0 aliphatic carbocycles. The van der Waals surface area contributed by atoms with Gasteiger partial charge in [-0.05, 0) is 13.3 Å². The summed E-state index contributed by atoms with van der Waals surface area (Å²) in [5, 5.41) is 0. The molecule has 1 unspecified atom stereocenters. The van der Waals surface area contributed by atoms with Crippen LogP contribution in [0.1, 0.15) is 26.1 Å². The molecular formula is C10H14N4O. The van der Waals surface area contributed by atoms with Crippen molar-refractivity contribution in [3.8, 4) is 0 Å². The zero-order valence-electron chi connectivity index (χ0n) is 9.11. The molecular weight excluding hydrogens is 192 g/mol. The predicted octanol–water partition coefficient (Wildman–Crippen LogP) is 1.62. The van der Waals surface area contributed by atoms with E-state index in [1.807, 2.05) is 6.92 Å². The van der Waals surface area contributed by atoms with Gasteiger partial charge in [0.2, 0.25) is 0 Å². The second-order valence-electron chi connectivity index (χ2n) is 3.63. The van der Waals surface area contributed by atoms with Crippen molar-refractivity contribution in [2.75, 3.05) is 7.11 Å². The fourth-order valence-corrected chi connectivity index (χ4v) is 1.42. The maximum Gasteiger partial charge on any atom is 0.180 e. The lowest BCUT2D eigenvalue weighted by Crippen LogP contribution is -2.24. The summed E-state index contributed by atoms with van der Waals surface area (Å²) in [5.41, 5.74) is 1.13. The molecule has 1 atom stereocenters. The number of aromatic nitrogens is 4. The number of rotatable bonds is 3. The monoisotopic (exact) mass is 206 g/mol. The highest BCUT2D eigenvalue weighted by molar-refractivity contribution is 5.68. The van der Waals surface area contributed by atoms with Gasteiger partial charge >= 0.3 is 0 Å². The lowest BCUT2D eigenvalue weighted by Gasteiger charge is -2.23. The van der Waals surface area contributed by atoms with Gasteiger partial charge in [-0.1, -0.05) is 6.92 Å². The van der Waals surface area contributed by atoms with Crippen molar-refractivity contribution in [3.63, 3.8) is 0 Å². The van der Waals surface area contributed by atoms with Gasteiger partial charge in [0.15, 0.2) is 5.65 Å². The minimum absolute atomic E-state index is 0.388. The van der Waals surface area contributed by atoms with Crippen LogP contribution < -0.4 is 0 Å². The van der Waals surface area contributed by atoms with Crippen molar-refractivity contribution in [2.24, 2.45) is 0 Å². The van der Waals surface area contributed by atoms with Crippen LogP contribution in [-0.2, 0) is 10.3 Å². The number of nitrogens with one attached hydrogen (secondary N) is 1. The molecule has 5 nitrogen and oxygen atoms in total. The summed E-state index contributed by atoms with van der Waals surface area (Å²) in [6.07, 6.45) is 4.05. The Bertz CT molecular complexity index is 428. The molecule has 2 rings (SSSR count). The normalized spacial score (nSPS) is 15.4. The zero-order valence-corrected chi connectivity index (χ0v) is 9.11. The maximum absolute atomic E-state index is 5.46. The lowest BCUT2D eigenvalue weighted by atomic mass is 10.0. The quantitative estimate of drug-likeness (QED) is 0.828. The van der Waals surface area contributed by atoms with Crippen molar-refractivity contribution in [2.45, 2.75) is 25.9 Å². The van der Waals surface area contributed by atoms with Crippen LogP contribution in [-0.4, -0.2) is 27.0 Å². The summed E-state index contributed by atoms with van der Waals surface area (Å²) in [4.78, 5) is 15.6. The van der Waals surface area contributed by atoms with Crippen molar-refractivity contribution in [1.29, 1.82) is 0 Å². The van der Waals surface area contributed by atoms with Gasteiger partial charge in [-0.3, -0.25) is 0 Å². The number of nitrogens with zero attached hydrogens (tertiary/aromatic N) is 3. The third-order valence-electron chi connectivity index (χ3n) is 2.79. The lowest BCUT2D eigenvalue weighted by molar-refractivity contribution is -0.00805. The molecule has 1 N–H and O–H groups in total. The number of hydrogen-bond acceptors (Lipinski definition) is 4. The molecule has 0 fully saturated rings. The van der Waals surface area contributed by atoms with Crippen LogP contribution in [0.15, 0.2) is 12.5 Å². The summed E-state index contributed by atoms with van der Waals surface area (Å²) < 4.78 is 5.46. The van der Waals surface area contributed by atoms with Gasteiger partial charge in [-0.2, -0.15) is 0 Å². The standard InChI is InChI=1S/C10H14N4O/c1-4-10(2,15-3)9-13-7-5-11-6-12-8(7)14-9/h5-6H,4H2,1-3H3,(H,11,12,13,14). The number of ether oxygens (including phenoxy) is 1. The van der Waals surface area contributed by atoms with Gasteiger partial charge in [0.25, 0.3) is 0 Å². The first-order chi connectivity index (χ1) is 7.19. The van der Waals surface area contributed by atoms with Crippen LogP contribution in [0.4, 0.5) is 0 Å². The van der Waals surface area contributed by atoms with Gasteiger partial charge in [0, 0.05) is 7.11 Å². The summed E-state index contributed by atoms with van der Waals surface area (Å²) in [6, 6.07) is 0. The van der Waals surface area contributed by atoms with Crippen LogP contribution in [0.3, 0.4) is 0 Å². The number of hydrogen-bond donors (Lipinski definition) is 1. The second-order valence-corrected chi connectivity index (χ2v) is 3.63. The van der Waals surface area contributed by atoms with Crippen molar-refractivity contribution >= 4 is 11.2 Å². The second kappa shape index (κ2) is 3.58. The first-order valence-electron chi connectivity index (χ1n) is 4.91. The molecule has 80 valence electrons. The Hall–Kier alpha value is -1.49. The molecule has 2 aromatic heterocycles. The smallest absolute Gasteiger partial charge is 0.180 e. The van der Waals surface area contributed by atoms with Crippen LogP contribution in [0, 0.1) is 0 Å². The van der Waals surface area contributed by atoms with Gasteiger partial charge < -0.3 is 9.72 Å². The van der Waals surface area contributed by atoms with E-state index < -0.39 is 0 Å². The highest BCUT2D eigenvalue weighted by atomic mass is 16.5. The highest BCUT2D eigenvalue weighted by Gasteiger charge is 2.27. The first-order valence-corrected chi connectivity index (χ1v) is 4.91. The molecule has 0 amide bonds. The van der Waals surface area contributed by atoms with E-state index in [0.29, 0.717) is 5.65 Å². The number of fused-ring (bicyclic) bond motifs is 1. The zero-order chi connectivity index (χ0) is 10.9. The Labute approximate surface area is 87.9 Å². The molecule has 0 saturated heterocycles. The van der Waals surface area contributed by atoms with E-state index in [0.717, 1.165) is 17.8 Å². The van der Waals surface area contributed by atoms with Crippen LogP contribution in [0.5, 0.6) is 0 Å². The summed E-state index contributed by atoms with van der Waals surface area (Å²) in [6.45, 7) is 4.06. The van der Waals surface area contributed by atoms with E-state index >= 15 is 0 Å². The average Bonchev–Trinajstić information content (AvgIpc) is 2.72. The topological polar surface area (TPSA) is 63.7 Å². The van der Waals surface area contributed by atoms with E-state index in [-0.39, 0.29) is 5.60 Å². The minimum atomic E-state index is -0.388. The van der Waals surface area contributed by atoms with E-state index in [1.54, 1.807) is 13.3 Å². The predicted molar refractivity (Wildman–Crippen MR) is 56.3 cm³/mol. The number of methoxy groups -OCH3 is 1. The van der Waals surface area contributed by atoms with Gasteiger partial charge in [0.1, 0.15) is 23.3 Å². The number of imidazole rings is 1. The molecule has 15 heavy (non-hydrogen) atoms. The average molecular weight is 206 g/mol. The Morgan fingerprint density at radius 3 is 2.93 bits per heavy atom. The van der Waals surface area contributed by atoms with Crippen LogP contribution >= 0.6 is 0 Å². The summed E-state index contributed by atoms with van der Waals surface area (Å²) in [7, 11) is 1.68. The SMILES string of the molecule is CCC(C)(OC)c1nc2ncncc2[nH]1. The van der Waals surface area contributed by atoms with E-state index in [4.69, 9.17) is 4.74 Å². The fraction of sp³-hybridized carbons (Fsp3) is 0.500. The molecule has 0 spiro atoms. The third-order valence-corrected chi connectivity index (χ3v) is 2.79. The summed E-state index contributed by atoms with van der Waals surface area (Å²) >= 11 is 0.